The number of thiophene rings is 1. The Kier molecular flexibility index (Phi) is 3.68. The number of anilines is 1. The highest BCUT2D eigenvalue weighted by atomic mass is 32.1. The molecule has 0 atom stereocenters. The molecule has 0 radical (unpaired) electrons. The number of hydrogen-bond donors (Lipinski definition) is 0. The van der Waals surface area contributed by atoms with Crippen molar-refractivity contribution < 1.29 is 4.74 Å². The average molecular weight is 381 g/mol. The van der Waals surface area contributed by atoms with E-state index in [0.717, 1.165) is 46.9 Å². The Hall–Kier alpha value is -2.87. The number of methoxy groups -OCH3 is 1. The number of aryl methyl sites for hydroxylation is 2. The lowest BCUT2D eigenvalue weighted by Gasteiger charge is -2.32. The minimum absolute atomic E-state index is 0.0311. The first kappa shape index (κ1) is 16.3. The van der Waals surface area contributed by atoms with Crippen LogP contribution in [-0.4, -0.2) is 32.8 Å². The monoisotopic (exact) mass is 381 g/mol. The van der Waals surface area contributed by atoms with E-state index in [9.17, 15) is 4.79 Å². The second-order valence-electron chi connectivity index (χ2n) is 6.74. The molecule has 1 aromatic carbocycles. The Morgan fingerprint density at radius 3 is 3.00 bits per heavy atom. The Morgan fingerprint density at radius 2 is 2.15 bits per heavy atom. The van der Waals surface area contributed by atoms with Gasteiger partial charge in [-0.05, 0) is 35.9 Å². The molecule has 5 rings (SSSR count). The third kappa shape index (κ3) is 2.36. The van der Waals surface area contributed by atoms with Gasteiger partial charge in [0.2, 0.25) is 5.78 Å². The van der Waals surface area contributed by atoms with Gasteiger partial charge in [-0.1, -0.05) is 12.1 Å². The van der Waals surface area contributed by atoms with Gasteiger partial charge < -0.3 is 9.64 Å². The molecule has 8 heteroatoms. The summed E-state index contributed by atoms with van der Waals surface area (Å²) in [4.78, 5) is 14.8. The maximum Gasteiger partial charge on any atom is 0.272 e. The summed E-state index contributed by atoms with van der Waals surface area (Å²) in [5.41, 5.74) is 3.27. The standard InChI is InChI=1S/C19H19N5O2S/c1-22-18(25)17-13(8-10-27-17)24-15(20-21-19(22)24)11-23-9-4-6-12-5-3-7-14(26-2)16(12)23/h3,5,7-8,10H,4,6,9,11H2,1-2H3. The van der Waals surface area contributed by atoms with Crippen LogP contribution in [0.15, 0.2) is 34.4 Å². The molecular formula is C19H19N5O2S. The van der Waals surface area contributed by atoms with Gasteiger partial charge in [0, 0.05) is 13.6 Å². The van der Waals surface area contributed by atoms with Gasteiger partial charge in [0.25, 0.3) is 5.56 Å². The predicted octanol–water partition coefficient (Wildman–Crippen LogP) is 2.60. The number of ether oxygens (including phenoxy) is 1. The first-order chi connectivity index (χ1) is 13.2. The van der Waals surface area contributed by atoms with Gasteiger partial charge in [0.15, 0.2) is 5.82 Å². The molecule has 0 saturated heterocycles. The molecule has 1 aliphatic heterocycles. The van der Waals surface area contributed by atoms with Crippen molar-refractivity contribution in [1.82, 2.24) is 19.2 Å². The summed E-state index contributed by atoms with van der Waals surface area (Å²) in [6.07, 6.45) is 2.14. The third-order valence-electron chi connectivity index (χ3n) is 5.22. The summed E-state index contributed by atoms with van der Waals surface area (Å²) in [5, 5.41) is 10.7. The van der Waals surface area contributed by atoms with E-state index in [0.29, 0.717) is 12.3 Å². The summed E-state index contributed by atoms with van der Waals surface area (Å²) >= 11 is 1.45. The highest BCUT2D eigenvalue weighted by molar-refractivity contribution is 7.17. The molecular weight excluding hydrogens is 362 g/mol. The Balaban J connectivity index is 1.67. The summed E-state index contributed by atoms with van der Waals surface area (Å²) in [6.45, 7) is 1.54. The lowest BCUT2D eigenvalue weighted by atomic mass is 10.0. The van der Waals surface area contributed by atoms with Crippen LogP contribution in [0, 0.1) is 0 Å². The zero-order valence-electron chi connectivity index (χ0n) is 15.2. The normalized spacial score (nSPS) is 14.1. The zero-order chi connectivity index (χ0) is 18.5. The van der Waals surface area contributed by atoms with Gasteiger partial charge in [-0.15, -0.1) is 21.5 Å². The maximum atomic E-state index is 12.5. The summed E-state index contributed by atoms with van der Waals surface area (Å²) < 4.78 is 9.91. The van der Waals surface area contributed by atoms with Crippen molar-refractivity contribution in [2.75, 3.05) is 18.6 Å². The van der Waals surface area contributed by atoms with Gasteiger partial charge in [0.05, 0.1) is 24.9 Å². The molecule has 0 aliphatic carbocycles. The van der Waals surface area contributed by atoms with E-state index in [2.05, 4.69) is 21.2 Å². The lowest BCUT2D eigenvalue weighted by molar-refractivity contribution is 0.412. The number of nitrogens with zero attached hydrogens (tertiary/aromatic N) is 5. The lowest BCUT2D eigenvalue weighted by Crippen LogP contribution is -2.30. The van der Waals surface area contributed by atoms with Crippen LogP contribution in [0.4, 0.5) is 5.69 Å². The van der Waals surface area contributed by atoms with E-state index in [1.807, 2.05) is 28.0 Å². The fraction of sp³-hybridized carbons (Fsp3) is 0.316. The SMILES string of the molecule is COc1cccc2c1N(Cc1nnc3n(C)c(=O)c4sccc4n13)CCC2. The van der Waals surface area contributed by atoms with Crippen LogP contribution in [-0.2, 0) is 20.0 Å². The third-order valence-corrected chi connectivity index (χ3v) is 6.11. The topological polar surface area (TPSA) is 64.7 Å². The molecule has 0 spiro atoms. The highest BCUT2D eigenvalue weighted by Crippen LogP contribution is 2.37. The minimum Gasteiger partial charge on any atom is -0.495 e. The summed E-state index contributed by atoms with van der Waals surface area (Å²) in [5.74, 6) is 2.27. The van der Waals surface area contributed by atoms with Crippen LogP contribution in [0.1, 0.15) is 17.8 Å². The van der Waals surface area contributed by atoms with Gasteiger partial charge in [0.1, 0.15) is 10.4 Å². The maximum absolute atomic E-state index is 12.5. The molecule has 7 nitrogen and oxygen atoms in total. The number of fused-ring (bicyclic) bond motifs is 4. The minimum atomic E-state index is -0.0311. The number of para-hydroxylation sites is 1. The van der Waals surface area contributed by atoms with Crippen LogP contribution in [0.5, 0.6) is 5.75 Å². The van der Waals surface area contributed by atoms with Gasteiger partial charge >= 0.3 is 0 Å². The second-order valence-corrected chi connectivity index (χ2v) is 7.66. The van der Waals surface area contributed by atoms with E-state index in [1.165, 1.54) is 16.9 Å². The zero-order valence-corrected chi connectivity index (χ0v) is 16.0. The molecule has 0 amide bonds. The van der Waals surface area contributed by atoms with Crippen LogP contribution < -0.4 is 15.2 Å². The number of hydrogen-bond acceptors (Lipinski definition) is 6. The molecule has 0 unspecified atom stereocenters. The smallest absolute Gasteiger partial charge is 0.272 e. The van der Waals surface area contributed by atoms with E-state index >= 15 is 0 Å². The molecule has 0 bridgehead atoms. The number of aromatic nitrogens is 4. The largest absolute Gasteiger partial charge is 0.495 e. The highest BCUT2D eigenvalue weighted by Gasteiger charge is 2.24. The van der Waals surface area contributed by atoms with Gasteiger partial charge in [-0.25, -0.2) is 0 Å². The molecule has 4 heterocycles. The average Bonchev–Trinajstić information content (AvgIpc) is 3.33. The van der Waals surface area contributed by atoms with Gasteiger partial charge in [-0.2, -0.15) is 0 Å². The first-order valence-corrected chi connectivity index (χ1v) is 9.78. The van der Waals surface area contributed by atoms with Crippen LogP contribution in [0.3, 0.4) is 0 Å². The molecule has 4 aromatic rings. The van der Waals surface area contributed by atoms with Crippen molar-refractivity contribution in [3.05, 3.63) is 51.4 Å². The van der Waals surface area contributed by atoms with Crippen molar-refractivity contribution in [3.8, 4) is 5.75 Å². The number of benzene rings is 1. The molecule has 1 aliphatic rings. The van der Waals surface area contributed by atoms with Crippen molar-refractivity contribution in [2.45, 2.75) is 19.4 Å². The molecule has 3 aromatic heterocycles. The van der Waals surface area contributed by atoms with E-state index < -0.39 is 0 Å². The van der Waals surface area contributed by atoms with Gasteiger partial charge in [-0.3, -0.25) is 13.8 Å². The summed E-state index contributed by atoms with van der Waals surface area (Å²) in [6, 6.07) is 8.16. The number of rotatable bonds is 3. The van der Waals surface area contributed by atoms with Crippen molar-refractivity contribution in [3.63, 3.8) is 0 Å². The van der Waals surface area contributed by atoms with Crippen LogP contribution in [0.25, 0.3) is 16.0 Å². The molecule has 0 saturated carbocycles. The first-order valence-electron chi connectivity index (χ1n) is 8.90. The molecule has 27 heavy (non-hydrogen) atoms. The van der Waals surface area contributed by atoms with E-state index in [4.69, 9.17) is 4.74 Å². The molecule has 0 N–H and O–H groups in total. The second kappa shape index (κ2) is 6.09. The van der Waals surface area contributed by atoms with Crippen LogP contribution in [0.2, 0.25) is 0 Å². The predicted molar refractivity (Wildman–Crippen MR) is 106 cm³/mol. The Bertz CT molecular complexity index is 1210. The Labute approximate surface area is 159 Å². The fourth-order valence-corrected chi connectivity index (χ4v) is 4.80. The molecule has 138 valence electrons. The van der Waals surface area contributed by atoms with E-state index in [-0.39, 0.29) is 5.56 Å². The Morgan fingerprint density at radius 1 is 1.26 bits per heavy atom. The quantitative estimate of drug-likeness (QED) is 0.546. The molecule has 0 fully saturated rings. The van der Waals surface area contributed by atoms with Crippen molar-refractivity contribution >= 4 is 33.0 Å². The van der Waals surface area contributed by atoms with E-state index in [1.54, 1.807) is 18.7 Å². The van der Waals surface area contributed by atoms with Crippen molar-refractivity contribution in [2.24, 2.45) is 7.05 Å². The van der Waals surface area contributed by atoms with Crippen LogP contribution >= 0.6 is 11.3 Å². The van der Waals surface area contributed by atoms with Crippen molar-refractivity contribution in [1.29, 1.82) is 0 Å². The summed E-state index contributed by atoms with van der Waals surface area (Å²) in [7, 11) is 3.45. The fourth-order valence-electron chi connectivity index (χ4n) is 3.95.